The SMILES string of the molecule is CCNS(=O)(=O)c1cccc(C(=O)NCCCOC(C)C)c1. The molecule has 1 aromatic carbocycles. The molecule has 0 saturated heterocycles. The highest BCUT2D eigenvalue weighted by atomic mass is 32.2. The maximum atomic E-state index is 12.0. The number of sulfonamides is 1. The summed E-state index contributed by atoms with van der Waals surface area (Å²) >= 11 is 0. The Bertz CT molecular complexity index is 585. The van der Waals surface area contributed by atoms with Crippen molar-refractivity contribution in [1.82, 2.24) is 10.0 Å². The number of ether oxygens (including phenoxy) is 1. The molecule has 0 aliphatic rings. The number of hydrogen-bond donors (Lipinski definition) is 2. The van der Waals surface area contributed by atoms with Gasteiger partial charge in [0.1, 0.15) is 0 Å². The van der Waals surface area contributed by atoms with Crippen molar-refractivity contribution in [3.63, 3.8) is 0 Å². The van der Waals surface area contributed by atoms with Gasteiger partial charge in [0.2, 0.25) is 10.0 Å². The molecule has 124 valence electrons. The van der Waals surface area contributed by atoms with Crippen LogP contribution in [-0.2, 0) is 14.8 Å². The summed E-state index contributed by atoms with van der Waals surface area (Å²) in [4.78, 5) is 12.1. The number of benzene rings is 1. The van der Waals surface area contributed by atoms with Crippen LogP contribution in [-0.4, -0.2) is 40.1 Å². The predicted molar refractivity (Wildman–Crippen MR) is 85.3 cm³/mol. The van der Waals surface area contributed by atoms with Gasteiger partial charge < -0.3 is 10.1 Å². The normalized spacial score (nSPS) is 11.6. The summed E-state index contributed by atoms with van der Waals surface area (Å²) in [6, 6.07) is 5.98. The third-order valence-corrected chi connectivity index (χ3v) is 4.34. The second-order valence-electron chi connectivity index (χ2n) is 5.06. The number of rotatable bonds is 9. The van der Waals surface area contributed by atoms with Crippen LogP contribution in [0.4, 0.5) is 0 Å². The second kappa shape index (κ2) is 8.87. The molecule has 7 heteroatoms. The molecule has 0 radical (unpaired) electrons. The average molecular weight is 328 g/mol. The van der Waals surface area contributed by atoms with Crippen molar-refractivity contribution in [2.45, 2.75) is 38.2 Å². The van der Waals surface area contributed by atoms with E-state index < -0.39 is 10.0 Å². The van der Waals surface area contributed by atoms with Crippen molar-refractivity contribution in [2.24, 2.45) is 0 Å². The first kappa shape index (κ1) is 18.6. The standard InChI is InChI=1S/C15H24N2O4S/c1-4-17-22(19,20)14-8-5-7-13(11-14)15(18)16-9-6-10-21-12(2)3/h5,7-8,11-12,17H,4,6,9-10H2,1-3H3,(H,16,18). The van der Waals surface area contributed by atoms with Crippen molar-refractivity contribution < 1.29 is 17.9 Å². The molecule has 0 aromatic heterocycles. The first-order valence-corrected chi connectivity index (χ1v) is 8.84. The Labute approximate surface area is 132 Å². The largest absolute Gasteiger partial charge is 0.379 e. The predicted octanol–water partition coefficient (Wildman–Crippen LogP) is 1.53. The van der Waals surface area contributed by atoms with Gasteiger partial charge >= 0.3 is 0 Å². The summed E-state index contributed by atoms with van der Waals surface area (Å²) in [7, 11) is -3.56. The van der Waals surface area contributed by atoms with Crippen molar-refractivity contribution >= 4 is 15.9 Å². The van der Waals surface area contributed by atoms with Gasteiger partial charge in [0, 0.05) is 25.3 Å². The maximum Gasteiger partial charge on any atom is 0.251 e. The summed E-state index contributed by atoms with van der Waals surface area (Å²) in [5.74, 6) is -0.293. The van der Waals surface area contributed by atoms with Gasteiger partial charge in [-0.05, 0) is 38.5 Å². The van der Waals surface area contributed by atoms with Crippen LogP contribution in [0.2, 0.25) is 0 Å². The molecule has 0 aliphatic carbocycles. The van der Waals surface area contributed by atoms with E-state index in [2.05, 4.69) is 10.0 Å². The van der Waals surface area contributed by atoms with Crippen LogP contribution < -0.4 is 10.0 Å². The van der Waals surface area contributed by atoms with Crippen LogP contribution in [0.25, 0.3) is 0 Å². The molecule has 0 unspecified atom stereocenters. The molecule has 2 N–H and O–H groups in total. The zero-order valence-electron chi connectivity index (χ0n) is 13.3. The van der Waals surface area contributed by atoms with E-state index in [0.717, 1.165) is 0 Å². The van der Waals surface area contributed by atoms with Gasteiger partial charge in [0.05, 0.1) is 11.0 Å². The first-order chi connectivity index (χ1) is 10.4. The molecule has 0 bridgehead atoms. The van der Waals surface area contributed by atoms with Crippen LogP contribution in [0, 0.1) is 0 Å². The monoisotopic (exact) mass is 328 g/mol. The second-order valence-corrected chi connectivity index (χ2v) is 6.83. The molecule has 0 aliphatic heterocycles. The molecule has 0 heterocycles. The number of nitrogens with one attached hydrogen (secondary N) is 2. The van der Waals surface area contributed by atoms with E-state index in [4.69, 9.17) is 4.74 Å². The summed E-state index contributed by atoms with van der Waals surface area (Å²) in [5, 5.41) is 2.75. The Morgan fingerprint density at radius 1 is 1.32 bits per heavy atom. The lowest BCUT2D eigenvalue weighted by atomic mass is 10.2. The average Bonchev–Trinajstić information content (AvgIpc) is 2.46. The fraction of sp³-hybridized carbons (Fsp3) is 0.533. The fourth-order valence-corrected chi connectivity index (χ4v) is 2.86. The van der Waals surface area contributed by atoms with E-state index in [1.54, 1.807) is 19.1 Å². The molecule has 22 heavy (non-hydrogen) atoms. The highest BCUT2D eigenvalue weighted by molar-refractivity contribution is 7.89. The number of carbonyl (C=O) groups excluding carboxylic acids is 1. The van der Waals surface area contributed by atoms with E-state index in [9.17, 15) is 13.2 Å². The molecular formula is C15H24N2O4S. The molecule has 0 fully saturated rings. The molecule has 0 spiro atoms. The summed E-state index contributed by atoms with van der Waals surface area (Å²) in [6.45, 7) is 6.97. The van der Waals surface area contributed by atoms with Crippen LogP contribution in [0.15, 0.2) is 29.2 Å². The summed E-state index contributed by atoms with van der Waals surface area (Å²) in [6.07, 6.45) is 0.878. The van der Waals surface area contributed by atoms with Crippen LogP contribution >= 0.6 is 0 Å². The van der Waals surface area contributed by atoms with Gasteiger partial charge in [-0.1, -0.05) is 13.0 Å². The third-order valence-electron chi connectivity index (χ3n) is 2.80. The zero-order chi connectivity index (χ0) is 16.6. The van der Waals surface area contributed by atoms with Crippen LogP contribution in [0.3, 0.4) is 0 Å². The Kier molecular flexibility index (Phi) is 7.50. The minimum atomic E-state index is -3.56. The summed E-state index contributed by atoms with van der Waals surface area (Å²) < 4.78 is 31.6. The minimum absolute atomic E-state index is 0.0881. The van der Waals surface area contributed by atoms with Gasteiger partial charge in [0.25, 0.3) is 5.91 Å². The van der Waals surface area contributed by atoms with Gasteiger partial charge in [-0.25, -0.2) is 13.1 Å². The minimum Gasteiger partial charge on any atom is -0.379 e. The van der Waals surface area contributed by atoms with E-state index in [1.807, 2.05) is 13.8 Å². The van der Waals surface area contributed by atoms with Gasteiger partial charge in [-0.15, -0.1) is 0 Å². The maximum absolute atomic E-state index is 12.0. The van der Waals surface area contributed by atoms with Crippen molar-refractivity contribution in [3.8, 4) is 0 Å². The molecule has 1 rings (SSSR count). The van der Waals surface area contributed by atoms with Gasteiger partial charge in [0.15, 0.2) is 0 Å². The zero-order valence-corrected chi connectivity index (χ0v) is 14.1. The van der Waals surface area contributed by atoms with E-state index in [-0.39, 0.29) is 16.9 Å². The molecule has 1 aromatic rings. The Balaban J connectivity index is 2.60. The lowest BCUT2D eigenvalue weighted by Crippen LogP contribution is -2.27. The third kappa shape index (κ3) is 6.13. The van der Waals surface area contributed by atoms with E-state index >= 15 is 0 Å². The summed E-state index contributed by atoms with van der Waals surface area (Å²) in [5.41, 5.74) is 0.323. The quantitative estimate of drug-likeness (QED) is 0.673. The Hall–Kier alpha value is -1.44. The number of carbonyl (C=O) groups is 1. The number of amides is 1. The highest BCUT2D eigenvalue weighted by Gasteiger charge is 2.14. The highest BCUT2D eigenvalue weighted by Crippen LogP contribution is 2.11. The molecule has 1 amide bonds. The van der Waals surface area contributed by atoms with E-state index in [0.29, 0.717) is 31.7 Å². The van der Waals surface area contributed by atoms with Gasteiger partial charge in [-0.2, -0.15) is 0 Å². The fourth-order valence-electron chi connectivity index (χ4n) is 1.77. The van der Waals surface area contributed by atoms with Crippen LogP contribution in [0.5, 0.6) is 0 Å². The molecule has 6 nitrogen and oxygen atoms in total. The Morgan fingerprint density at radius 3 is 2.68 bits per heavy atom. The molecular weight excluding hydrogens is 304 g/mol. The van der Waals surface area contributed by atoms with Crippen molar-refractivity contribution in [2.75, 3.05) is 19.7 Å². The lowest BCUT2D eigenvalue weighted by molar-refractivity contribution is 0.0757. The first-order valence-electron chi connectivity index (χ1n) is 7.36. The van der Waals surface area contributed by atoms with Crippen LogP contribution in [0.1, 0.15) is 37.6 Å². The van der Waals surface area contributed by atoms with Crippen molar-refractivity contribution in [3.05, 3.63) is 29.8 Å². The smallest absolute Gasteiger partial charge is 0.251 e. The Morgan fingerprint density at radius 2 is 2.05 bits per heavy atom. The number of hydrogen-bond acceptors (Lipinski definition) is 4. The molecule has 0 saturated carbocycles. The van der Waals surface area contributed by atoms with E-state index in [1.165, 1.54) is 12.1 Å². The topological polar surface area (TPSA) is 84.5 Å². The lowest BCUT2D eigenvalue weighted by Gasteiger charge is -2.09. The molecule has 0 atom stereocenters. The van der Waals surface area contributed by atoms with Crippen molar-refractivity contribution in [1.29, 1.82) is 0 Å². The van der Waals surface area contributed by atoms with Gasteiger partial charge in [-0.3, -0.25) is 4.79 Å².